The highest BCUT2D eigenvalue weighted by Crippen LogP contribution is 2.40. The molecule has 1 aliphatic heterocycles. The molecule has 0 radical (unpaired) electrons. The van der Waals surface area contributed by atoms with Crippen LogP contribution in [0.5, 0.6) is 5.75 Å². The van der Waals surface area contributed by atoms with Crippen molar-refractivity contribution in [3.63, 3.8) is 0 Å². The van der Waals surface area contributed by atoms with Crippen LogP contribution in [0.15, 0.2) is 137 Å². The van der Waals surface area contributed by atoms with Crippen molar-refractivity contribution < 1.29 is 9.53 Å². The molecule has 0 saturated carbocycles. The second kappa shape index (κ2) is 12.2. The normalized spacial score (nSPS) is 15.1. The highest BCUT2D eigenvalue weighted by molar-refractivity contribution is 8.19. The molecule has 0 aliphatic carbocycles. The van der Waals surface area contributed by atoms with Crippen molar-refractivity contribution in [3.8, 4) is 5.75 Å². The molecule has 1 heterocycles. The summed E-state index contributed by atoms with van der Waals surface area (Å²) < 4.78 is 6.51. The first-order chi connectivity index (χ1) is 21.5. The summed E-state index contributed by atoms with van der Waals surface area (Å²) in [6.07, 6.45) is 1.92. The third kappa shape index (κ3) is 5.70. The first-order valence-corrected chi connectivity index (χ1v) is 15.6. The van der Waals surface area contributed by atoms with Crippen molar-refractivity contribution in [2.75, 3.05) is 4.90 Å². The van der Waals surface area contributed by atoms with E-state index in [0.29, 0.717) is 43.8 Å². The van der Waals surface area contributed by atoms with E-state index in [1.807, 2.05) is 72.8 Å². The molecule has 0 unspecified atom stereocenters. The van der Waals surface area contributed by atoms with Crippen molar-refractivity contribution in [2.45, 2.75) is 6.61 Å². The monoisotopic (exact) mass is 630 g/mol. The summed E-state index contributed by atoms with van der Waals surface area (Å²) in [5.74, 6) is 0.511. The summed E-state index contributed by atoms with van der Waals surface area (Å²) in [5, 5.41) is 6.09. The van der Waals surface area contributed by atoms with E-state index in [2.05, 4.69) is 36.4 Å². The average Bonchev–Trinajstić information content (AvgIpc) is 3.35. The second-order valence-corrected chi connectivity index (χ2v) is 12.1. The number of thioether (sulfide) groups is 1. The number of nitrogens with zero attached hydrogens (tertiary/aromatic N) is 2. The molecule has 0 aromatic heterocycles. The van der Waals surface area contributed by atoms with Crippen molar-refractivity contribution in [3.05, 3.63) is 153 Å². The fourth-order valence-corrected chi connectivity index (χ4v) is 6.48. The largest absolute Gasteiger partial charge is 0.488 e. The molecule has 1 saturated heterocycles. The first-order valence-electron chi connectivity index (χ1n) is 14.0. The number of fused-ring (bicyclic) bond motifs is 2. The molecule has 6 aromatic carbocycles. The van der Waals surface area contributed by atoms with Gasteiger partial charge in [0.05, 0.1) is 16.3 Å². The first kappa shape index (κ1) is 28.2. The Kier molecular flexibility index (Phi) is 7.84. The Labute approximate surface area is 269 Å². The molecular formula is C37H24Cl2N2O2S. The van der Waals surface area contributed by atoms with Crippen LogP contribution in [0.4, 0.5) is 11.4 Å². The molecule has 1 amide bonds. The lowest BCUT2D eigenvalue weighted by atomic mass is 10.0. The number of halogens is 2. The number of hydrogen-bond acceptors (Lipinski definition) is 4. The van der Waals surface area contributed by atoms with Gasteiger partial charge in [0.25, 0.3) is 5.91 Å². The van der Waals surface area contributed by atoms with Crippen LogP contribution >= 0.6 is 35.0 Å². The van der Waals surface area contributed by atoms with Crippen molar-refractivity contribution in [1.29, 1.82) is 0 Å². The molecule has 0 atom stereocenters. The standard InChI is InChI=1S/C37H24Cl2N2O2S/c38-27-13-17-29(18-14-27)40-37-41(30-19-15-28(39)16-20-30)36(42)35(44-37)22-33-32-11-4-2-7-25(32)12-21-34(33)43-23-26-9-5-8-24-6-1-3-10-31(24)26/h1-22H,23H2/b35-22-,40-37?. The van der Waals surface area contributed by atoms with E-state index < -0.39 is 0 Å². The summed E-state index contributed by atoms with van der Waals surface area (Å²) >= 11 is 13.6. The van der Waals surface area contributed by atoms with Gasteiger partial charge >= 0.3 is 0 Å². The number of amides is 1. The van der Waals surface area contributed by atoms with Crippen LogP contribution in [0, 0.1) is 0 Å². The number of aliphatic imine (C=N–C) groups is 1. The fourth-order valence-electron chi connectivity index (χ4n) is 5.25. The highest BCUT2D eigenvalue weighted by Gasteiger charge is 2.35. The Balaban J connectivity index is 1.31. The number of carbonyl (C=O) groups excluding carboxylic acids is 1. The molecule has 7 rings (SSSR count). The predicted octanol–water partition coefficient (Wildman–Crippen LogP) is 10.7. The SMILES string of the molecule is O=C1/C(=C/c2c(OCc3cccc4ccccc34)ccc3ccccc23)SC(=Nc2ccc(Cl)cc2)N1c1ccc(Cl)cc1. The molecule has 7 heteroatoms. The summed E-state index contributed by atoms with van der Waals surface area (Å²) in [4.78, 5) is 21.1. The molecule has 214 valence electrons. The summed E-state index contributed by atoms with van der Waals surface area (Å²) in [6.45, 7) is 0.386. The van der Waals surface area contributed by atoms with Gasteiger partial charge in [-0.2, -0.15) is 0 Å². The smallest absolute Gasteiger partial charge is 0.271 e. The lowest BCUT2D eigenvalue weighted by Crippen LogP contribution is -2.28. The Morgan fingerprint density at radius 1 is 0.705 bits per heavy atom. The van der Waals surface area contributed by atoms with E-state index in [4.69, 9.17) is 32.9 Å². The van der Waals surface area contributed by atoms with E-state index in [-0.39, 0.29) is 5.91 Å². The summed E-state index contributed by atoms with van der Waals surface area (Å²) in [7, 11) is 0. The molecule has 44 heavy (non-hydrogen) atoms. The van der Waals surface area contributed by atoms with Crippen LogP contribution < -0.4 is 9.64 Å². The minimum absolute atomic E-state index is 0.182. The second-order valence-electron chi connectivity index (χ2n) is 10.2. The number of rotatable bonds is 6. The van der Waals surface area contributed by atoms with Crippen molar-refractivity contribution >= 4 is 85.0 Å². The minimum Gasteiger partial charge on any atom is -0.488 e. The number of benzene rings is 6. The average molecular weight is 632 g/mol. The lowest BCUT2D eigenvalue weighted by molar-refractivity contribution is -0.113. The van der Waals surface area contributed by atoms with E-state index in [9.17, 15) is 4.79 Å². The highest BCUT2D eigenvalue weighted by atomic mass is 35.5. The number of amidine groups is 1. The third-order valence-electron chi connectivity index (χ3n) is 7.41. The Hall–Kier alpha value is -4.55. The van der Waals surface area contributed by atoms with Gasteiger partial charge in [-0.1, -0.05) is 96.0 Å². The topological polar surface area (TPSA) is 41.9 Å². The summed E-state index contributed by atoms with van der Waals surface area (Å²) in [6, 6.07) is 41.0. The Morgan fingerprint density at radius 3 is 2.09 bits per heavy atom. The van der Waals surface area contributed by atoms with Crippen LogP contribution in [0.2, 0.25) is 10.0 Å². The number of ether oxygens (including phenoxy) is 1. The number of anilines is 1. The van der Waals surface area contributed by atoms with Gasteiger partial charge in [0.1, 0.15) is 12.4 Å². The Bertz CT molecular complexity index is 2090. The molecule has 0 spiro atoms. The van der Waals surface area contributed by atoms with Gasteiger partial charge in [-0.3, -0.25) is 9.69 Å². The van der Waals surface area contributed by atoms with Crippen LogP contribution in [-0.2, 0) is 11.4 Å². The molecule has 1 fully saturated rings. The number of carbonyl (C=O) groups is 1. The van der Waals surface area contributed by atoms with Crippen LogP contribution in [0.25, 0.3) is 27.6 Å². The van der Waals surface area contributed by atoms with Gasteiger partial charge in [0.15, 0.2) is 5.17 Å². The lowest BCUT2D eigenvalue weighted by Gasteiger charge is -2.16. The zero-order chi connectivity index (χ0) is 30.0. The predicted molar refractivity (Wildman–Crippen MR) is 185 cm³/mol. The van der Waals surface area contributed by atoms with E-state index in [0.717, 1.165) is 32.7 Å². The van der Waals surface area contributed by atoms with Gasteiger partial charge < -0.3 is 4.74 Å². The van der Waals surface area contributed by atoms with Crippen LogP contribution in [0.3, 0.4) is 0 Å². The molecule has 1 aliphatic rings. The number of hydrogen-bond donors (Lipinski definition) is 0. The minimum atomic E-state index is -0.182. The maximum absolute atomic E-state index is 14.1. The fraction of sp³-hybridized carbons (Fsp3) is 0.0270. The van der Waals surface area contributed by atoms with E-state index in [1.165, 1.54) is 11.8 Å². The van der Waals surface area contributed by atoms with Gasteiger partial charge in [-0.05, 0) is 99.5 Å². The van der Waals surface area contributed by atoms with E-state index in [1.54, 1.807) is 29.2 Å². The van der Waals surface area contributed by atoms with Gasteiger partial charge in [0.2, 0.25) is 0 Å². The van der Waals surface area contributed by atoms with Crippen LogP contribution in [-0.4, -0.2) is 11.1 Å². The molecular weight excluding hydrogens is 607 g/mol. The maximum atomic E-state index is 14.1. The van der Waals surface area contributed by atoms with Gasteiger partial charge in [0, 0.05) is 15.6 Å². The summed E-state index contributed by atoms with van der Waals surface area (Å²) in [5.41, 5.74) is 3.29. The molecule has 0 N–H and O–H groups in total. The zero-order valence-corrected chi connectivity index (χ0v) is 25.6. The van der Waals surface area contributed by atoms with Gasteiger partial charge in [-0.15, -0.1) is 0 Å². The van der Waals surface area contributed by atoms with Crippen LogP contribution in [0.1, 0.15) is 11.1 Å². The molecule has 0 bridgehead atoms. The van der Waals surface area contributed by atoms with Crippen molar-refractivity contribution in [2.24, 2.45) is 4.99 Å². The van der Waals surface area contributed by atoms with Crippen molar-refractivity contribution in [1.82, 2.24) is 0 Å². The maximum Gasteiger partial charge on any atom is 0.271 e. The Morgan fingerprint density at radius 2 is 1.34 bits per heavy atom. The third-order valence-corrected chi connectivity index (χ3v) is 8.88. The molecule has 4 nitrogen and oxygen atoms in total. The zero-order valence-electron chi connectivity index (χ0n) is 23.3. The quantitative estimate of drug-likeness (QED) is 0.172. The molecule has 6 aromatic rings. The van der Waals surface area contributed by atoms with Gasteiger partial charge in [-0.25, -0.2) is 4.99 Å². The van der Waals surface area contributed by atoms with E-state index >= 15 is 0 Å².